The molecule has 10 heteroatoms. The lowest BCUT2D eigenvalue weighted by molar-refractivity contribution is -0.193. The Labute approximate surface area is 233 Å². The Balaban J connectivity index is 1.38. The van der Waals surface area contributed by atoms with E-state index in [1.165, 1.54) is 4.90 Å². The van der Waals surface area contributed by atoms with Gasteiger partial charge in [-0.05, 0) is 30.7 Å². The van der Waals surface area contributed by atoms with E-state index in [9.17, 15) is 14.4 Å². The van der Waals surface area contributed by atoms with Crippen LogP contribution in [0, 0.1) is 5.92 Å². The Morgan fingerprint density at radius 3 is 2.52 bits per heavy atom. The van der Waals surface area contributed by atoms with Gasteiger partial charge in [-0.15, -0.1) is 0 Å². The van der Waals surface area contributed by atoms with E-state index in [-0.39, 0.29) is 48.7 Å². The molecule has 2 fully saturated rings. The van der Waals surface area contributed by atoms with Gasteiger partial charge in [-0.2, -0.15) is 0 Å². The molecular weight excluding hydrogens is 510 g/mol. The second-order valence-corrected chi connectivity index (χ2v) is 10.8. The molecule has 0 spiro atoms. The molecule has 3 aromatic rings. The maximum atomic E-state index is 13.9. The van der Waals surface area contributed by atoms with Gasteiger partial charge < -0.3 is 35.3 Å². The summed E-state index contributed by atoms with van der Waals surface area (Å²) in [5, 5.41) is 4.02. The number of likely N-dealkylation sites (N-methyl/N-ethyl adjacent to an activating group) is 1. The van der Waals surface area contributed by atoms with Crippen LogP contribution in [0.1, 0.15) is 31.7 Å². The van der Waals surface area contributed by atoms with Crippen LogP contribution in [0.3, 0.4) is 0 Å². The normalized spacial score (nSPS) is 24.6. The third-order valence-electron chi connectivity index (χ3n) is 7.99. The molecule has 212 valence electrons. The first-order chi connectivity index (χ1) is 19.2. The Bertz CT molecular complexity index is 1350. The molecule has 4 atom stereocenters. The molecule has 3 heterocycles. The maximum Gasteiger partial charge on any atom is 0.245 e. The number of aromatic nitrogens is 1. The zero-order chi connectivity index (χ0) is 28.4. The average Bonchev–Trinajstić information content (AvgIpc) is 3.52. The SMILES string of the molecule is C[C@H](c1c[nH]c2ccccc12)[C@@H](NC(=O)C1CC(=O)N(c2ccccc2)[C@@H]1C)C(=O)N(C)CC1OCC(N)CO1. The Hall–Kier alpha value is -3.73. The zero-order valence-corrected chi connectivity index (χ0v) is 23.1. The van der Waals surface area contributed by atoms with Crippen LogP contribution in [0.4, 0.5) is 5.69 Å². The van der Waals surface area contributed by atoms with Crippen molar-refractivity contribution in [2.45, 2.75) is 50.6 Å². The summed E-state index contributed by atoms with van der Waals surface area (Å²) in [5.74, 6) is -1.68. The molecule has 2 saturated heterocycles. The predicted octanol–water partition coefficient (Wildman–Crippen LogP) is 2.36. The van der Waals surface area contributed by atoms with Crippen LogP contribution in [-0.4, -0.2) is 78.8 Å². The first kappa shape index (κ1) is 27.8. The minimum atomic E-state index is -0.879. The standard InChI is InChI=1S/C30H37N5O5/c1-18(24-14-32-25-12-8-7-11-22(24)25)28(30(38)34(3)15-27-39-16-20(31)17-40-27)33-29(37)23-13-26(36)35(19(23)2)21-9-5-4-6-10-21/h4-12,14,18-20,23,27-28,32H,13,15-17,31H2,1-3H3,(H,33,37)/t18-,19-,20?,23?,27?,28-/m1/s1. The summed E-state index contributed by atoms with van der Waals surface area (Å²) in [6.45, 7) is 4.70. The van der Waals surface area contributed by atoms with E-state index >= 15 is 0 Å². The Morgan fingerprint density at radius 1 is 1.12 bits per heavy atom. The molecule has 0 bridgehead atoms. The lowest BCUT2D eigenvalue weighted by Crippen LogP contribution is -2.54. The van der Waals surface area contributed by atoms with Crippen molar-refractivity contribution in [1.29, 1.82) is 0 Å². The summed E-state index contributed by atoms with van der Waals surface area (Å²) in [4.78, 5) is 47.1. The fourth-order valence-corrected chi connectivity index (χ4v) is 5.67. The van der Waals surface area contributed by atoms with Crippen molar-refractivity contribution >= 4 is 34.3 Å². The molecule has 0 saturated carbocycles. The van der Waals surface area contributed by atoms with Crippen molar-refractivity contribution in [2.75, 3.05) is 31.7 Å². The summed E-state index contributed by atoms with van der Waals surface area (Å²) in [6.07, 6.45) is 1.36. The molecule has 2 aliphatic heterocycles. The summed E-state index contributed by atoms with van der Waals surface area (Å²) < 4.78 is 11.3. The van der Waals surface area contributed by atoms with Gasteiger partial charge in [0.2, 0.25) is 17.7 Å². The van der Waals surface area contributed by atoms with Crippen LogP contribution < -0.4 is 16.0 Å². The number of hydrogen-bond acceptors (Lipinski definition) is 6. The van der Waals surface area contributed by atoms with E-state index in [2.05, 4.69) is 10.3 Å². The highest BCUT2D eigenvalue weighted by atomic mass is 16.7. The van der Waals surface area contributed by atoms with E-state index < -0.39 is 18.2 Å². The number of nitrogens with zero attached hydrogens (tertiary/aromatic N) is 2. The molecule has 2 aliphatic rings. The number of benzene rings is 2. The van der Waals surface area contributed by atoms with Crippen LogP contribution in [0.15, 0.2) is 60.8 Å². The van der Waals surface area contributed by atoms with E-state index in [1.807, 2.05) is 74.6 Å². The van der Waals surface area contributed by atoms with Crippen LogP contribution in [0.25, 0.3) is 10.9 Å². The van der Waals surface area contributed by atoms with Crippen molar-refractivity contribution in [3.05, 3.63) is 66.4 Å². The van der Waals surface area contributed by atoms with Gasteiger partial charge in [0.05, 0.1) is 31.7 Å². The van der Waals surface area contributed by atoms with Crippen LogP contribution in [-0.2, 0) is 23.9 Å². The highest BCUT2D eigenvalue weighted by Crippen LogP contribution is 2.33. The van der Waals surface area contributed by atoms with Gasteiger partial charge in [0.25, 0.3) is 0 Å². The first-order valence-electron chi connectivity index (χ1n) is 13.7. The van der Waals surface area contributed by atoms with Gasteiger partial charge >= 0.3 is 0 Å². The third-order valence-corrected chi connectivity index (χ3v) is 7.99. The Kier molecular flexibility index (Phi) is 8.20. The molecule has 0 radical (unpaired) electrons. The summed E-state index contributed by atoms with van der Waals surface area (Å²) in [5.41, 5.74) is 8.47. The molecule has 1 aromatic heterocycles. The Morgan fingerprint density at radius 2 is 1.80 bits per heavy atom. The van der Waals surface area contributed by atoms with Crippen molar-refractivity contribution in [1.82, 2.24) is 15.2 Å². The lowest BCUT2D eigenvalue weighted by Gasteiger charge is -2.34. The molecule has 3 amide bonds. The highest BCUT2D eigenvalue weighted by molar-refractivity contribution is 6.02. The zero-order valence-electron chi connectivity index (χ0n) is 23.1. The number of carbonyl (C=O) groups is 3. The van der Waals surface area contributed by atoms with Gasteiger partial charge in [-0.25, -0.2) is 0 Å². The second kappa shape index (κ2) is 11.8. The number of nitrogens with one attached hydrogen (secondary N) is 2. The van der Waals surface area contributed by atoms with E-state index in [0.29, 0.717) is 13.2 Å². The smallest absolute Gasteiger partial charge is 0.245 e. The van der Waals surface area contributed by atoms with Crippen LogP contribution in [0.5, 0.6) is 0 Å². The molecule has 5 rings (SSSR count). The predicted molar refractivity (Wildman–Crippen MR) is 151 cm³/mol. The minimum absolute atomic E-state index is 0.0735. The molecule has 4 N–H and O–H groups in total. The molecular formula is C30H37N5O5. The van der Waals surface area contributed by atoms with Crippen molar-refractivity contribution < 1.29 is 23.9 Å². The molecule has 10 nitrogen and oxygen atoms in total. The number of hydrogen-bond donors (Lipinski definition) is 3. The summed E-state index contributed by atoms with van der Waals surface area (Å²) in [7, 11) is 1.67. The number of nitrogens with two attached hydrogens (primary N) is 1. The second-order valence-electron chi connectivity index (χ2n) is 10.8. The van der Waals surface area contributed by atoms with E-state index in [1.54, 1.807) is 11.9 Å². The monoisotopic (exact) mass is 547 g/mol. The summed E-state index contributed by atoms with van der Waals surface area (Å²) >= 11 is 0. The average molecular weight is 548 g/mol. The molecule has 1 unspecified atom stereocenters. The van der Waals surface area contributed by atoms with Gasteiger partial charge in [0.15, 0.2) is 6.29 Å². The third kappa shape index (κ3) is 5.60. The van der Waals surface area contributed by atoms with E-state index in [4.69, 9.17) is 15.2 Å². The number of aromatic amines is 1. The first-order valence-corrected chi connectivity index (χ1v) is 13.7. The van der Waals surface area contributed by atoms with Crippen molar-refractivity contribution in [3.8, 4) is 0 Å². The number of carbonyl (C=O) groups excluding carboxylic acids is 3. The van der Waals surface area contributed by atoms with Crippen LogP contribution in [0.2, 0.25) is 0 Å². The van der Waals surface area contributed by atoms with Gasteiger partial charge in [-0.3, -0.25) is 14.4 Å². The highest BCUT2D eigenvalue weighted by Gasteiger charge is 2.43. The number of amides is 3. The fourth-order valence-electron chi connectivity index (χ4n) is 5.67. The number of H-pyrrole nitrogens is 1. The number of rotatable bonds is 8. The maximum absolute atomic E-state index is 13.9. The molecule has 0 aliphatic carbocycles. The number of ether oxygens (including phenoxy) is 2. The number of anilines is 1. The summed E-state index contributed by atoms with van der Waals surface area (Å²) in [6, 6.07) is 15.7. The van der Waals surface area contributed by atoms with Gasteiger partial charge in [0.1, 0.15) is 6.04 Å². The number of para-hydroxylation sites is 2. The van der Waals surface area contributed by atoms with Crippen molar-refractivity contribution in [3.63, 3.8) is 0 Å². The number of fused-ring (bicyclic) bond motifs is 1. The van der Waals surface area contributed by atoms with Gasteiger partial charge in [0, 0.05) is 48.2 Å². The van der Waals surface area contributed by atoms with Crippen molar-refractivity contribution in [2.24, 2.45) is 11.7 Å². The van der Waals surface area contributed by atoms with Crippen LogP contribution >= 0.6 is 0 Å². The molecule has 2 aromatic carbocycles. The largest absolute Gasteiger partial charge is 0.361 e. The topological polar surface area (TPSA) is 130 Å². The molecule has 40 heavy (non-hydrogen) atoms. The quantitative estimate of drug-likeness (QED) is 0.397. The van der Waals surface area contributed by atoms with E-state index in [0.717, 1.165) is 22.2 Å². The lowest BCUT2D eigenvalue weighted by atomic mass is 9.90. The van der Waals surface area contributed by atoms with Gasteiger partial charge in [-0.1, -0.05) is 43.3 Å². The minimum Gasteiger partial charge on any atom is -0.361 e. The fraction of sp³-hybridized carbons (Fsp3) is 0.433.